The summed E-state index contributed by atoms with van der Waals surface area (Å²) < 4.78 is 0. The van der Waals surface area contributed by atoms with Crippen LogP contribution in [0, 0.1) is 0 Å². The molecule has 0 unspecified atom stereocenters. The molecule has 6 nitrogen and oxygen atoms in total. The lowest BCUT2D eigenvalue weighted by atomic mass is 10.2. The van der Waals surface area contributed by atoms with Crippen LogP contribution in [0.3, 0.4) is 0 Å². The van der Waals surface area contributed by atoms with Crippen molar-refractivity contribution in [3.8, 4) is 0 Å². The molecule has 1 amide bonds. The molecule has 0 aliphatic rings. The van der Waals surface area contributed by atoms with E-state index in [1.54, 1.807) is 36.5 Å². The maximum atomic E-state index is 12.5. The standard InChI is InChI=1S/C21H22ClN5O/c1-3-27(4-2)16-11-9-15(10-12-16)24-21-23-14-13-19(26-21)20(28)25-18-8-6-5-7-17(18)22/h5-14H,3-4H2,1-2H3,(H,25,28)(H,23,24,26). The van der Waals surface area contributed by atoms with E-state index >= 15 is 0 Å². The van der Waals surface area contributed by atoms with Crippen molar-refractivity contribution in [1.29, 1.82) is 0 Å². The van der Waals surface area contributed by atoms with Crippen LogP contribution in [0.4, 0.5) is 23.0 Å². The van der Waals surface area contributed by atoms with Crippen molar-refractivity contribution in [2.75, 3.05) is 28.6 Å². The van der Waals surface area contributed by atoms with E-state index in [1.165, 1.54) is 0 Å². The molecule has 0 spiro atoms. The first-order valence-electron chi connectivity index (χ1n) is 9.11. The maximum absolute atomic E-state index is 12.5. The third kappa shape index (κ3) is 4.78. The summed E-state index contributed by atoms with van der Waals surface area (Å²) in [5, 5.41) is 6.35. The summed E-state index contributed by atoms with van der Waals surface area (Å²) in [6.07, 6.45) is 1.54. The van der Waals surface area contributed by atoms with Gasteiger partial charge in [-0.25, -0.2) is 9.97 Å². The van der Waals surface area contributed by atoms with Crippen LogP contribution in [0.25, 0.3) is 0 Å². The molecule has 1 heterocycles. The number of amides is 1. The van der Waals surface area contributed by atoms with Crippen LogP contribution in [0.5, 0.6) is 0 Å². The average Bonchev–Trinajstić information content (AvgIpc) is 2.72. The van der Waals surface area contributed by atoms with Crippen molar-refractivity contribution in [3.63, 3.8) is 0 Å². The van der Waals surface area contributed by atoms with Gasteiger partial charge in [0, 0.05) is 30.7 Å². The Bertz CT molecular complexity index is 942. The Kier molecular flexibility index (Phi) is 6.45. The van der Waals surface area contributed by atoms with Gasteiger partial charge in [0.15, 0.2) is 0 Å². The highest BCUT2D eigenvalue weighted by atomic mass is 35.5. The van der Waals surface area contributed by atoms with E-state index in [-0.39, 0.29) is 11.6 Å². The van der Waals surface area contributed by atoms with Gasteiger partial charge in [0.05, 0.1) is 10.7 Å². The number of carbonyl (C=O) groups is 1. The van der Waals surface area contributed by atoms with Gasteiger partial charge in [-0.3, -0.25) is 4.79 Å². The number of benzene rings is 2. The molecule has 0 saturated heterocycles. The monoisotopic (exact) mass is 395 g/mol. The van der Waals surface area contributed by atoms with E-state index in [2.05, 4.69) is 39.3 Å². The molecular formula is C21H22ClN5O. The van der Waals surface area contributed by atoms with E-state index in [4.69, 9.17) is 11.6 Å². The second-order valence-corrected chi connectivity index (χ2v) is 6.45. The number of halogens is 1. The van der Waals surface area contributed by atoms with Gasteiger partial charge in [-0.05, 0) is 56.3 Å². The molecule has 7 heteroatoms. The molecule has 144 valence electrons. The molecule has 28 heavy (non-hydrogen) atoms. The third-order valence-electron chi connectivity index (χ3n) is 4.26. The minimum atomic E-state index is -0.351. The van der Waals surface area contributed by atoms with Crippen LogP contribution in [0.2, 0.25) is 5.02 Å². The van der Waals surface area contributed by atoms with Crippen molar-refractivity contribution in [3.05, 3.63) is 71.5 Å². The Morgan fingerprint density at radius 2 is 1.75 bits per heavy atom. The van der Waals surface area contributed by atoms with Gasteiger partial charge in [-0.1, -0.05) is 23.7 Å². The Labute approximate surface area is 169 Å². The number of anilines is 4. The summed E-state index contributed by atoms with van der Waals surface area (Å²) in [5.41, 5.74) is 2.79. The number of aromatic nitrogens is 2. The zero-order valence-electron chi connectivity index (χ0n) is 15.8. The summed E-state index contributed by atoms with van der Waals surface area (Å²) in [6.45, 7) is 6.16. The van der Waals surface area contributed by atoms with Crippen LogP contribution < -0.4 is 15.5 Å². The first-order valence-corrected chi connectivity index (χ1v) is 9.49. The molecule has 0 atom stereocenters. The molecule has 2 aromatic carbocycles. The van der Waals surface area contributed by atoms with Gasteiger partial charge < -0.3 is 15.5 Å². The highest BCUT2D eigenvalue weighted by Gasteiger charge is 2.11. The van der Waals surface area contributed by atoms with Crippen molar-refractivity contribution in [2.24, 2.45) is 0 Å². The van der Waals surface area contributed by atoms with E-state index in [1.807, 2.05) is 24.3 Å². The zero-order chi connectivity index (χ0) is 19.9. The largest absolute Gasteiger partial charge is 0.372 e. The number of nitrogens with one attached hydrogen (secondary N) is 2. The smallest absolute Gasteiger partial charge is 0.274 e. The Morgan fingerprint density at radius 1 is 1.04 bits per heavy atom. The summed E-state index contributed by atoms with van der Waals surface area (Å²) in [5.74, 6) is -0.00201. The highest BCUT2D eigenvalue weighted by Crippen LogP contribution is 2.22. The molecule has 2 N–H and O–H groups in total. The zero-order valence-corrected chi connectivity index (χ0v) is 16.6. The molecule has 0 saturated carbocycles. The van der Waals surface area contributed by atoms with E-state index in [0.29, 0.717) is 16.7 Å². The quantitative estimate of drug-likeness (QED) is 0.590. The topological polar surface area (TPSA) is 70.2 Å². The molecule has 0 radical (unpaired) electrons. The van der Waals surface area contributed by atoms with Crippen LogP contribution in [-0.2, 0) is 0 Å². The molecule has 1 aromatic heterocycles. The fourth-order valence-electron chi connectivity index (χ4n) is 2.77. The van der Waals surface area contributed by atoms with Crippen LogP contribution in [0.1, 0.15) is 24.3 Å². The predicted molar refractivity (Wildman–Crippen MR) is 115 cm³/mol. The molecule has 0 bridgehead atoms. The molecule has 0 fully saturated rings. The van der Waals surface area contributed by atoms with Gasteiger partial charge in [0.25, 0.3) is 5.91 Å². The van der Waals surface area contributed by atoms with Crippen molar-refractivity contribution in [2.45, 2.75) is 13.8 Å². The van der Waals surface area contributed by atoms with Crippen LogP contribution in [-0.4, -0.2) is 29.0 Å². The molecular weight excluding hydrogens is 374 g/mol. The molecule has 3 aromatic rings. The van der Waals surface area contributed by atoms with Crippen molar-refractivity contribution in [1.82, 2.24) is 9.97 Å². The number of hydrogen-bond acceptors (Lipinski definition) is 5. The number of hydrogen-bond donors (Lipinski definition) is 2. The fraction of sp³-hybridized carbons (Fsp3) is 0.190. The van der Waals surface area contributed by atoms with Gasteiger partial charge in [0.1, 0.15) is 5.69 Å². The maximum Gasteiger partial charge on any atom is 0.274 e. The van der Waals surface area contributed by atoms with E-state index in [0.717, 1.165) is 24.5 Å². The second-order valence-electron chi connectivity index (χ2n) is 6.04. The lowest BCUT2D eigenvalue weighted by molar-refractivity contribution is 0.102. The SMILES string of the molecule is CCN(CC)c1ccc(Nc2nccc(C(=O)Nc3ccccc3Cl)n2)cc1. The Balaban J connectivity index is 1.71. The van der Waals surface area contributed by atoms with Gasteiger partial charge >= 0.3 is 0 Å². The second kappa shape index (κ2) is 9.19. The molecule has 0 aliphatic heterocycles. The number of rotatable bonds is 7. The summed E-state index contributed by atoms with van der Waals surface area (Å²) in [4.78, 5) is 23.2. The minimum absolute atomic E-state index is 0.247. The lowest BCUT2D eigenvalue weighted by Crippen LogP contribution is -2.21. The molecule has 3 rings (SSSR count). The average molecular weight is 396 g/mol. The fourth-order valence-corrected chi connectivity index (χ4v) is 2.95. The number of nitrogens with zero attached hydrogens (tertiary/aromatic N) is 3. The third-order valence-corrected chi connectivity index (χ3v) is 4.59. The lowest BCUT2D eigenvalue weighted by Gasteiger charge is -2.21. The first-order chi connectivity index (χ1) is 13.6. The predicted octanol–water partition coefficient (Wildman–Crippen LogP) is 4.97. The minimum Gasteiger partial charge on any atom is -0.372 e. The van der Waals surface area contributed by atoms with Crippen LogP contribution >= 0.6 is 11.6 Å². The normalized spacial score (nSPS) is 10.4. The number of para-hydroxylation sites is 1. The van der Waals surface area contributed by atoms with Gasteiger partial charge in [0.2, 0.25) is 5.95 Å². The van der Waals surface area contributed by atoms with E-state index < -0.39 is 0 Å². The van der Waals surface area contributed by atoms with Crippen molar-refractivity contribution >= 4 is 40.5 Å². The van der Waals surface area contributed by atoms with Crippen molar-refractivity contribution < 1.29 is 4.79 Å². The number of carbonyl (C=O) groups excluding carboxylic acids is 1. The van der Waals surface area contributed by atoms with Crippen LogP contribution in [0.15, 0.2) is 60.8 Å². The van der Waals surface area contributed by atoms with E-state index in [9.17, 15) is 4.79 Å². The van der Waals surface area contributed by atoms with Gasteiger partial charge in [-0.15, -0.1) is 0 Å². The summed E-state index contributed by atoms with van der Waals surface area (Å²) in [6, 6.07) is 16.6. The highest BCUT2D eigenvalue weighted by molar-refractivity contribution is 6.33. The summed E-state index contributed by atoms with van der Waals surface area (Å²) in [7, 11) is 0. The Morgan fingerprint density at radius 3 is 2.43 bits per heavy atom. The first kappa shape index (κ1) is 19.6. The Hall–Kier alpha value is -3.12. The summed E-state index contributed by atoms with van der Waals surface area (Å²) >= 11 is 6.09. The molecule has 0 aliphatic carbocycles. The van der Waals surface area contributed by atoms with Gasteiger partial charge in [-0.2, -0.15) is 0 Å².